The Hall–Kier alpha value is -2.02. The first-order chi connectivity index (χ1) is 9.31. The van der Waals surface area contributed by atoms with Crippen LogP contribution in [0.1, 0.15) is 10.5 Å². The Balaban J connectivity index is 2.65. The van der Waals surface area contributed by atoms with Crippen molar-refractivity contribution in [2.24, 2.45) is 0 Å². The van der Waals surface area contributed by atoms with Crippen molar-refractivity contribution in [1.29, 1.82) is 0 Å². The predicted octanol–water partition coefficient (Wildman–Crippen LogP) is 3.57. The van der Waals surface area contributed by atoms with Crippen LogP contribution in [-0.2, 0) is 4.74 Å². The molecule has 8 heteroatoms. The maximum Gasteiger partial charge on any atom is 0.573 e. The molecular formula is C12H7ClF3NO3. The Bertz CT molecular complexity index is 673. The quantitative estimate of drug-likeness (QED) is 0.796. The number of benzene rings is 1. The van der Waals surface area contributed by atoms with Crippen molar-refractivity contribution < 1.29 is 27.4 Å². The van der Waals surface area contributed by atoms with Crippen molar-refractivity contribution in [2.75, 3.05) is 7.11 Å². The number of carbonyl (C=O) groups excluding carboxylic acids is 1. The number of aromatic nitrogens is 1. The Kier molecular flexibility index (Phi) is 3.71. The zero-order valence-corrected chi connectivity index (χ0v) is 10.7. The van der Waals surface area contributed by atoms with E-state index in [0.717, 1.165) is 13.2 Å². The second-order valence-corrected chi connectivity index (χ2v) is 4.09. The third-order valence-electron chi connectivity index (χ3n) is 2.37. The first kappa shape index (κ1) is 14.4. The second kappa shape index (κ2) is 5.16. The molecule has 0 amide bonds. The van der Waals surface area contributed by atoms with Gasteiger partial charge < -0.3 is 9.47 Å². The van der Waals surface area contributed by atoms with Gasteiger partial charge >= 0.3 is 12.3 Å². The summed E-state index contributed by atoms with van der Waals surface area (Å²) in [4.78, 5) is 15.2. The Morgan fingerprint density at radius 1 is 1.35 bits per heavy atom. The number of halogens is 4. The number of carbonyl (C=O) groups is 1. The molecule has 2 aromatic rings. The van der Waals surface area contributed by atoms with Gasteiger partial charge in [-0.1, -0.05) is 23.7 Å². The summed E-state index contributed by atoms with van der Waals surface area (Å²) in [6.45, 7) is 0. The van der Waals surface area contributed by atoms with Crippen molar-refractivity contribution in [2.45, 2.75) is 6.36 Å². The number of para-hydroxylation sites is 1. The van der Waals surface area contributed by atoms with Gasteiger partial charge in [-0.2, -0.15) is 0 Å². The average Bonchev–Trinajstić information content (AvgIpc) is 2.37. The summed E-state index contributed by atoms with van der Waals surface area (Å²) in [6, 6.07) is 5.11. The molecule has 0 aliphatic rings. The summed E-state index contributed by atoms with van der Waals surface area (Å²) in [5.74, 6) is -1.35. The van der Waals surface area contributed by atoms with Crippen LogP contribution < -0.4 is 4.74 Å². The van der Waals surface area contributed by atoms with Gasteiger partial charge in [0.1, 0.15) is 5.52 Å². The topological polar surface area (TPSA) is 48.4 Å². The molecule has 0 unspecified atom stereocenters. The number of fused-ring (bicyclic) bond motifs is 1. The summed E-state index contributed by atoms with van der Waals surface area (Å²) >= 11 is 5.92. The van der Waals surface area contributed by atoms with E-state index in [0.29, 0.717) is 0 Å². The lowest BCUT2D eigenvalue weighted by Gasteiger charge is -2.12. The molecule has 0 aliphatic carbocycles. The van der Waals surface area contributed by atoms with Gasteiger partial charge in [-0.05, 0) is 12.1 Å². The van der Waals surface area contributed by atoms with Crippen LogP contribution in [-0.4, -0.2) is 24.4 Å². The number of hydrogen-bond acceptors (Lipinski definition) is 4. The zero-order chi connectivity index (χ0) is 14.9. The van der Waals surface area contributed by atoms with Gasteiger partial charge in [0.2, 0.25) is 0 Å². The van der Waals surface area contributed by atoms with Gasteiger partial charge in [0.15, 0.2) is 11.4 Å². The van der Waals surface area contributed by atoms with Crippen LogP contribution in [0.5, 0.6) is 5.75 Å². The van der Waals surface area contributed by atoms with Gasteiger partial charge in [0.25, 0.3) is 0 Å². The van der Waals surface area contributed by atoms with Gasteiger partial charge in [-0.15, -0.1) is 13.2 Å². The minimum absolute atomic E-state index is 0.0722. The van der Waals surface area contributed by atoms with Gasteiger partial charge in [-0.3, -0.25) is 0 Å². The fourth-order valence-corrected chi connectivity index (χ4v) is 1.85. The number of alkyl halides is 3. The summed E-state index contributed by atoms with van der Waals surface area (Å²) in [5.41, 5.74) is -0.374. The van der Waals surface area contributed by atoms with Crippen molar-refractivity contribution in [1.82, 2.24) is 4.98 Å². The smallest absolute Gasteiger partial charge is 0.464 e. The highest BCUT2D eigenvalue weighted by Crippen LogP contribution is 2.33. The molecule has 4 nitrogen and oxygen atoms in total. The molecule has 0 saturated carbocycles. The summed E-state index contributed by atoms with van der Waals surface area (Å²) in [6.07, 6.45) is -4.87. The largest absolute Gasteiger partial charge is 0.573 e. The predicted molar refractivity (Wildman–Crippen MR) is 64.8 cm³/mol. The Labute approximate surface area is 116 Å². The molecule has 1 aromatic heterocycles. The molecule has 0 atom stereocenters. The first-order valence-electron chi connectivity index (χ1n) is 5.25. The molecule has 20 heavy (non-hydrogen) atoms. The van der Waals surface area contributed by atoms with E-state index in [9.17, 15) is 18.0 Å². The standard InChI is InChI=1S/C12H7ClF3NO3/c1-19-11(18)8-5-7(13)6-3-2-4-9(10(6)17-8)20-12(14,15)16/h2-5H,1H3. The highest BCUT2D eigenvalue weighted by Gasteiger charge is 2.32. The summed E-state index contributed by atoms with van der Waals surface area (Å²) in [5, 5.41) is 0.309. The van der Waals surface area contributed by atoms with Gasteiger partial charge in [-0.25, -0.2) is 9.78 Å². The Morgan fingerprint density at radius 2 is 2.05 bits per heavy atom. The fraction of sp³-hybridized carbons (Fsp3) is 0.167. The number of rotatable bonds is 2. The Morgan fingerprint density at radius 3 is 2.65 bits per heavy atom. The number of hydrogen-bond donors (Lipinski definition) is 0. The lowest BCUT2D eigenvalue weighted by molar-refractivity contribution is -0.274. The number of nitrogens with zero attached hydrogens (tertiary/aromatic N) is 1. The van der Waals surface area contributed by atoms with E-state index in [1.807, 2.05) is 0 Å². The lowest BCUT2D eigenvalue weighted by atomic mass is 10.2. The number of ether oxygens (including phenoxy) is 2. The summed E-state index contributed by atoms with van der Waals surface area (Å²) < 4.78 is 45.3. The monoisotopic (exact) mass is 305 g/mol. The molecule has 106 valence electrons. The molecular weight excluding hydrogens is 299 g/mol. The maximum absolute atomic E-state index is 12.3. The van der Waals surface area contributed by atoms with Crippen molar-refractivity contribution >= 4 is 28.5 Å². The number of esters is 1. The molecule has 0 spiro atoms. The van der Waals surface area contributed by atoms with E-state index in [1.165, 1.54) is 18.2 Å². The van der Waals surface area contributed by atoms with Crippen LogP contribution in [0, 0.1) is 0 Å². The molecule has 1 heterocycles. The van der Waals surface area contributed by atoms with Crippen molar-refractivity contribution in [3.8, 4) is 5.75 Å². The highest BCUT2D eigenvalue weighted by atomic mass is 35.5. The van der Waals surface area contributed by atoms with Gasteiger partial charge in [0.05, 0.1) is 12.1 Å². The number of methoxy groups -OCH3 is 1. The molecule has 2 rings (SSSR count). The van der Waals surface area contributed by atoms with E-state index in [1.54, 1.807) is 0 Å². The van der Waals surface area contributed by atoms with Crippen LogP contribution >= 0.6 is 11.6 Å². The zero-order valence-electron chi connectivity index (χ0n) is 9.99. The molecule has 0 radical (unpaired) electrons. The number of pyridine rings is 1. The molecule has 0 bridgehead atoms. The van der Waals surface area contributed by atoms with Crippen LogP contribution in [0.25, 0.3) is 10.9 Å². The molecule has 0 aliphatic heterocycles. The molecule has 1 aromatic carbocycles. The molecule has 0 fully saturated rings. The van der Waals surface area contributed by atoms with Crippen LogP contribution in [0.4, 0.5) is 13.2 Å². The lowest BCUT2D eigenvalue weighted by Crippen LogP contribution is -2.17. The maximum atomic E-state index is 12.3. The molecule has 0 N–H and O–H groups in total. The minimum Gasteiger partial charge on any atom is -0.464 e. The van der Waals surface area contributed by atoms with Crippen LogP contribution in [0.15, 0.2) is 24.3 Å². The van der Waals surface area contributed by atoms with E-state index >= 15 is 0 Å². The first-order valence-corrected chi connectivity index (χ1v) is 5.63. The minimum atomic E-state index is -4.87. The molecule has 0 saturated heterocycles. The summed E-state index contributed by atoms with van der Waals surface area (Å²) in [7, 11) is 1.13. The highest BCUT2D eigenvalue weighted by molar-refractivity contribution is 6.35. The SMILES string of the molecule is COC(=O)c1cc(Cl)c2cccc(OC(F)(F)F)c2n1. The van der Waals surface area contributed by atoms with Crippen molar-refractivity contribution in [3.05, 3.63) is 35.0 Å². The van der Waals surface area contributed by atoms with E-state index in [2.05, 4.69) is 14.5 Å². The van der Waals surface area contributed by atoms with Crippen molar-refractivity contribution in [3.63, 3.8) is 0 Å². The second-order valence-electron chi connectivity index (χ2n) is 3.68. The third kappa shape index (κ3) is 2.93. The van der Waals surface area contributed by atoms with Gasteiger partial charge in [0, 0.05) is 5.39 Å². The van der Waals surface area contributed by atoms with Crippen LogP contribution in [0.3, 0.4) is 0 Å². The average molecular weight is 306 g/mol. The van der Waals surface area contributed by atoms with E-state index in [-0.39, 0.29) is 21.6 Å². The fourth-order valence-electron chi connectivity index (χ4n) is 1.60. The third-order valence-corrected chi connectivity index (χ3v) is 2.68. The van der Waals surface area contributed by atoms with E-state index < -0.39 is 18.1 Å². The van der Waals surface area contributed by atoms with E-state index in [4.69, 9.17) is 11.6 Å². The normalized spacial score (nSPS) is 11.4. The van der Waals surface area contributed by atoms with Crippen LogP contribution in [0.2, 0.25) is 5.02 Å².